The second-order valence-electron chi connectivity index (χ2n) is 23.5. The summed E-state index contributed by atoms with van der Waals surface area (Å²) < 4.78 is 5.50. The Morgan fingerprint density at radius 1 is 0.368 bits per heavy atom. The maximum atomic E-state index is 12.4. The summed E-state index contributed by atoms with van der Waals surface area (Å²) in [5.41, 5.74) is 0. The quantitative estimate of drug-likeness (QED) is 0.0320. The highest BCUT2D eigenvalue weighted by Gasteiger charge is 2.18. The minimum Gasteiger partial charge on any atom is -0.466 e. The largest absolute Gasteiger partial charge is 0.466 e. The lowest BCUT2D eigenvalue weighted by Crippen LogP contribution is -2.45. The summed E-state index contributed by atoms with van der Waals surface area (Å²) in [6.07, 6.45) is 83.6. The zero-order valence-corrected chi connectivity index (χ0v) is 51.3. The molecule has 0 heterocycles. The highest BCUT2D eigenvalue weighted by atomic mass is 16.5. The van der Waals surface area contributed by atoms with Gasteiger partial charge in [-0.3, -0.25) is 9.59 Å². The summed E-state index contributed by atoms with van der Waals surface area (Å²) in [5.74, 6) is -0.0523. The predicted octanol–water partition coefficient (Wildman–Crippen LogP) is 21.9. The van der Waals surface area contributed by atoms with Crippen molar-refractivity contribution in [2.45, 2.75) is 386 Å². The van der Waals surface area contributed by atoms with Crippen molar-refractivity contribution < 1.29 is 24.5 Å². The molecule has 0 fully saturated rings. The van der Waals surface area contributed by atoms with Crippen molar-refractivity contribution in [2.24, 2.45) is 0 Å². The van der Waals surface area contributed by atoms with Gasteiger partial charge in [0.1, 0.15) is 0 Å². The number of esters is 1. The van der Waals surface area contributed by atoms with E-state index in [1.54, 1.807) is 6.08 Å². The molecule has 76 heavy (non-hydrogen) atoms. The first kappa shape index (κ1) is 74.1. The van der Waals surface area contributed by atoms with Crippen LogP contribution in [-0.4, -0.2) is 47.4 Å². The Kier molecular flexibility index (Phi) is 63.9. The monoisotopic (exact) mass is 1070 g/mol. The number of hydrogen-bond donors (Lipinski definition) is 3. The molecule has 0 bridgehead atoms. The lowest BCUT2D eigenvalue weighted by molar-refractivity contribution is -0.143. The Morgan fingerprint density at radius 2 is 0.658 bits per heavy atom. The van der Waals surface area contributed by atoms with Crippen LogP contribution in [0, 0.1) is 0 Å². The molecule has 3 N–H and O–H groups in total. The standard InChI is InChI=1S/C70H133NO5/c1-3-5-7-9-11-13-15-17-18-19-34-37-40-44-48-52-56-60-64-70(75)76-65-61-57-53-49-45-41-38-35-32-30-28-26-24-22-20-21-23-25-27-29-31-33-36-39-43-47-51-55-59-63-69(74)71-67(66-72)68(73)62-58-54-50-46-42-16-14-12-10-8-6-4-2/h20,22,26,28,58,62,67-68,72-73H,3-19,21,23-25,27,29-57,59-61,63-66H2,1-2H3,(H,71,74)/b22-20-,28-26-,62-58+. The van der Waals surface area contributed by atoms with Gasteiger partial charge in [-0.15, -0.1) is 0 Å². The van der Waals surface area contributed by atoms with Crippen molar-refractivity contribution in [3.8, 4) is 0 Å². The van der Waals surface area contributed by atoms with Gasteiger partial charge < -0.3 is 20.3 Å². The number of aliphatic hydroxyl groups excluding tert-OH is 2. The summed E-state index contributed by atoms with van der Waals surface area (Å²) in [6.45, 7) is 4.92. The summed E-state index contributed by atoms with van der Waals surface area (Å²) in [6, 6.07) is -0.628. The maximum absolute atomic E-state index is 12.4. The normalized spacial score (nSPS) is 12.7. The molecule has 0 aromatic rings. The van der Waals surface area contributed by atoms with Gasteiger partial charge in [0.2, 0.25) is 5.91 Å². The predicted molar refractivity (Wildman–Crippen MR) is 333 cm³/mol. The Hall–Kier alpha value is -1.92. The molecule has 0 saturated heterocycles. The second kappa shape index (κ2) is 65.6. The zero-order chi connectivity index (χ0) is 55.0. The van der Waals surface area contributed by atoms with Crippen molar-refractivity contribution in [1.29, 1.82) is 0 Å². The minimum atomic E-state index is -0.844. The van der Waals surface area contributed by atoms with Gasteiger partial charge in [0, 0.05) is 12.8 Å². The van der Waals surface area contributed by atoms with Crippen LogP contribution in [0.3, 0.4) is 0 Å². The molecule has 2 atom stereocenters. The lowest BCUT2D eigenvalue weighted by Gasteiger charge is -2.20. The van der Waals surface area contributed by atoms with Crippen LogP contribution in [0.25, 0.3) is 0 Å². The molecule has 0 saturated carbocycles. The molecule has 0 aliphatic heterocycles. The summed E-state index contributed by atoms with van der Waals surface area (Å²) in [7, 11) is 0. The fraction of sp³-hybridized carbons (Fsp3) is 0.886. The summed E-state index contributed by atoms with van der Waals surface area (Å²) in [4.78, 5) is 24.5. The van der Waals surface area contributed by atoms with Gasteiger partial charge in [0.25, 0.3) is 0 Å². The topological polar surface area (TPSA) is 95.9 Å². The van der Waals surface area contributed by atoms with Crippen molar-refractivity contribution in [3.63, 3.8) is 0 Å². The molecule has 0 rings (SSSR count). The number of nitrogens with one attached hydrogen (secondary N) is 1. The van der Waals surface area contributed by atoms with Crippen LogP contribution in [0.2, 0.25) is 0 Å². The number of amides is 1. The van der Waals surface area contributed by atoms with E-state index >= 15 is 0 Å². The molecule has 2 unspecified atom stereocenters. The number of unbranched alkanes of at least 4 members (excludes halogenated alkanes) is 49. The minimum absolute atomic E-state index is 0.0163. The first-order chi connectivity index (χ1) is 37.5. The van der Waals surface area contributed by atoms with E-state index in [-0.39, 0.29) is 18.5 Å². The number of carbonyl (C=O) groups is 2. The van der Waals surface area contributed by atoms with Gasteiger partial charge in [0.15, 0.2) is 0 Å². The number of ether oxygens (including phenoxy) is 1. The van der Waals surface area contributed by atoms with Crippen LogP contribution in [0.4, 0.5) is 0 Å². The van der Waals surface area contributed by atoms with E-state index in [0.717, 1.165) is 44.9 Å². The van der Waals surface area contributed by atoms with Crippen LogP contribution in [-0.2, 0) is 14.3 Å². The van der Waals surface area contributed by atoms with E-state index in [0.29, 0.717) is 19.4 Å². The third-order valence-corrected chi connectivity index (χ3v) is 15.9. The van der Waals surface area contributed by atoms with Crippen molar-refractivity contribution >= 4 is 11.9 Å². The lowest BCUT2D eigenvalue weighted by atomic mass is 10.0. The number of aliphatic hydroxyl groups is 2. The van der Waals surface area contributed by atoms with Crippen molar-refractivity contribution in [2.75, 3.05) is 13.2 Å². The smallest absolute Gasteiger partial charge is 0.305 e. The highest BCUT2D eigenvalue weighted by Crippen LogP contribution is 2.18. The van der Waals surface area contributed by atoms with Gasteiger partial charge in [-0.1, -0.05) is 333 Å². The second-order valence-corrected chi connectivity index (χ2v) is 23.5. The SMILES string of the molecule is CCCCCCCCCCCC/C=C/C(O)C(CO)NC(=O)CCCCCCCCCCCCCCC/C=C\C/C=C\CCCCCCCCCCCOC(=O)CCCCCCCCCCCCCCCCCCCC. The maximum Gasteiger partial charge on any atom is 0.305 e. The van der Waals surface area contributed by atoms with E-state index in [9.17, 15) is 19.8 Å². The molecule has 0 aliphatic rings. The summed E-state index contributed by atoms with van der Waals surface area (Å²) in [5, 5.41) is 23.1. The molecule has 0 aromatic heterocycles. The average Bonchev–Trinajstić information content (AvgIpc) is 3.42. The fourth-order valence-electron chi connectivity index (χ4n) is 10.7. The molecule has 0 radical (unpaired) electrons. The van der Waals surface area contributed by atoms with Crippen LogP contribution >= 0.6 is 0 Å². The molecule has 0 aliphatic carbocycles. The molecule has 6 heteroatoms. The van der Waals surface area contributed by atoms with Gasteiger partial charge in [-0.2, -0.15) is 0 Å². The van der Waals surface area contributed by atoms with Gasteiger partial charge >= 0.3 is 5.97 Å². The zero-order valence-electron chi connectivity index (χ0n) is 51.3. The van der Waals surface area contributed by atoms with E-state index in [1.807, 2.05) is 6.08 Å². The van der Waals surface area contributed by atoms with Crippen LogP contribution in [0.1, 0.15) is 373 Å². The first-order valence-corrected chi connectivity index (χ1v) is 34.3. The van der Waals surface area contributed by atoms with Crippen LogP contribution in [0.5, 0.6) is 0 Å². The third-order valence-electron chi connectivity index (χ3n) is 15.9. The van der Waals surface area contributed by atoms with Crippen molar-refractivity contribution in [3.05, 3.63) is 36.5 Å². The molecule has 1 amide bonds. The van der Waals surface area contributed by atoms with E-state index < -0.39 is 12.1 Å². The number of hydrogen-bond acceptors (Lipinski definition) is 5. The van der Waals surface area contributed by atoms with E-state index in [2.05, 4.69) is 43.5 Å². The van der Waals surface area contributed by atoms with E-state index in [4.69, 9.17) is 4.74 Å². The third kappa shape index (κ3) is 61.3. The average molecular weight is 1070 g/mol. The van der Waals surface area contributed by atoms with Crippen molar-refractivity contribution in [1.82, 2.24) is 5.32 Å². The number of allylic oxidation sites excluding steroid dienone is 5. The number of carbonyl (C=O) groups excluding carboxylic acids is 2. The first-order valence-electron chi connectivity index (χ1n) is 34.3. The van der Waals surface area contributed by atoms with Gasteiger partial charge in [0.05, 0.1) is 25.4 Å². The molecule has 448 valence electrons. The number of rotatable bonds is 64. The van der Waals surface area contributed by atoms with Gasteiger partial charge in [-0.25, -0.2) is 0 Å². The summed E-state index contributed by atoms with van der Waals surface area (Å²) >= 11 is 0. The van der Waals surface area contributed by atoms with Crippen LogP contribution < -0.4 is 5.32 Å². The Morgan fingerprint density at radius 3 is 1.00 bits per heavy atom. The molecule has 0 spiro atoms. The van der Waals surface area contributed by atoms with E-state index in [1.165, 1.54) is 302 Å². The van der Waals surface area contributed by atoms with Crippen LogP contribution in [0.15, 0.2) is 36.5 Å². The molecule has 6 nitrogen and oxygen atoms in total. The Bertz CT molecular complexity index is 1230. The fourth-order valence-corrected chi connectivity index (χ4v) is 10.7. The van der Waals surface area contributed by atoms with Gasteiger partial charge in [-0.05, 0) is 64.2 Å². The molecular formula is C70H133NO5. The Labute approximate surface area is 474 Å². The molecular weight excluding hydrogens is 935 g/mol. The molecule has 0 aromatic carbocycles. The Balaban J connectivity index is 3.39. The highest BCUT2D eigenvalue weighted by molar-refractivity contribution is 5.76.